The first-order chi connectivity index (χ1) is 9.18. The van der Waals surface area contributed by atoms with Crippen LogP contribution in [0.1, 0.15) is 0 Å². The highest BCUT2D eigenvalue weighted by Crippen LogP contribution is 2.30. The Morgan fingerprint density at radius 2 is 1.75 bits per heavy atom. The zero-order valence-corrected chi connectivity index (χ0v) is 12.3. The molecule has 1 saturated heterocycles. The van der Waals surface area contributed by atoms with Crippen LogP contribution in [0.25, 0.3) is 0 Å². The highest BCUT2D eigenvalue weighted by Gasteiger charge is 2.47. The molecule has 0 radical (unpaired) electrons. The Balaban J connectivity index is 2.74. The average molecular weight is 351 g/mol. The van der Waals surface area contributed by atoms with Gasteiger partial charge in [-0.15, -0.1) is 6.58 Å². The van der Waals surface area contributed by atoms with Crippen molar-refractivity contribution in [3.63, 3.8) is 0 Å². The van der Waals surface area contributed by atoms with Gasteiger partial charge in [-0.05, 0) is 0 Å². The molecule has 5 atom stereocenters. The van der Waals surface area contributed by atoms with Crippen LogP contribution in [-0.2, 0) is 14.2 Å². The Morgan fingerprint density at radius 3 is 2.25 bits per heavy atom. The number of rotatable bonds is 4. The van der Waals surface area contributed by atoms with Crippen LogP contribution >= 0.6 is 34.8 Å². The zero-order chi connectivity index (χ0) is 15.5. The Morgan fingerprint density at radius 1 is 1.20 bits per heavy atom. The third kappa shape index (κ3) is 4.44. The maximum absolute atomic E-state index is 9.70. The van der Waals surface area contributed by atoms with Crippen LogP contribution < -0.4 is 0 Å². The molecule has 0 unspecified atom stereocenters. The Bertz CT molecular complexity index is 363. The van der Waals surface area contributed by atoms with Gasteiger partial charge in [0.05, 0.1) is 6.61 Å². The lowest BCUT2D eigenvalue weighted by atomic mass is 10.0. The van der Waals surface area contributed by atoms with Crippen LogP contribution in [0, 0.1) is 5.41 Å². The van der Waals surface area contributed by atoms with Crippen LogP contribution in [0.15, 0.2) is 12.7 Å². The second kappa shape index (κ2) is 7.24. The second-order valence-electron chi connectivity index (χ2n) is 3.91. The van der Waals surface area contributed by atoms with E-state index in [1.165, 1.54) is 6.08 Å². The summed E-state index contributed by atoms with van der Waals surface area (Å²) in [5.41, 5.74) is 0. The van der Waals surface area contributed by atoms with Crippen LogP contribution in [0.5, 0.6) is 0 Å². The molecular formula is C10H14Cl3NO6. The van der Waals surface area contributed by atoms with Crippen molar-refractivity contribution in [2.75, 3.05) is 6.61 Å². The lowest BCUT2D eigenvalue weighted by Gasteiger charge is -2.39. The van der Waals surface area contributed by atoms with Crippen molar-refractivity contribution < 1.29 is 29.5 Å². The molecule has 20 heavy (non-hydrogen) atoms. The number of halogens is 3. The van der Waals surface area contributed by atoms with Crippen molar-refractivity contribution in [1.29, 1.82) is 5.41 Å². The van der Waals surface area contributed by atoms with E-state index >= 15 is 0 Å². The van der Waals surface area contributed by atoms with Crippen molar-refractivity contribution in [1.82, 2.24) is 0 Å². The molecule has 1 aliphatic heterocycles. The minimum atomic E-state index is -2.15. The highest BCUT2D eigenvalue weighted by molar-refractivity contribution is 6.76. The fourth-order valence-corrected chi connectivity index (χ4v) is 1.53. The molecule has 7 nitrogen and oxygen atoms in total. The third-order valence-electron chi connectivity index (χ3n) is 2.40. The third-order valence-corrected chi connectivity index (χ3v) is 2.91. The Kier molecular flexibility index (Phi) is 6.49. The zero-order valence-electron chi connectivity index (χ0n) is 10.1. The van der Waals surface area contributed by atoms with E-state index in [2.05, 4.69) is 6.58 Å². The predicted molar refractivity (Wildman–Crippen MR) is 71.9 cm³/mol. The molecule has 1 fully saturated rings. The smallest absolute Gasteiger partial charge is 0.265 e. The second-order valence-corrected chi connectivity index (χ2v) is 6.19. The van der Waals surface area contributed by atoms with Gasteiger partial charge in [0.2, 0.25) is 12.2 Å². The van der Waals surface area contributed by atoms with Crippen LogP contribution in [0.2, 0.25) is 0 Å². The van der Waals surface area contributed by atoms with Gasteiger partial charge in [-0.3, -0.25) is 5.41 Å². The predicted octanol–water partition coefficient (Wildman–Crippen LogP) is 0.318. The fraction of sp³-hybridized carbons (Fsp3) is 0.700. The molecule has 0 saturated carbocycles. The van der Waals surface area contributed by atoms with E-state index in [0.717, 1.165) is 0 Å². The summed E-state index contributed by atoms with van der Waals surface area (Å²) in [6, 6.07) is 0. The molecule has 0 aromatic carbocycles. The van der Waals surface area contributed by atoms with E-state index < -0.39 is 40.6 Å². The van der Waals surface area contributed by atoms with Gasteiger partial charge >= 0.3 is 0 Å². The van der Waals surface area contributed by atoms with Gasteiger partial charge in [0.1, 0.15) is 18.3 Å². The molecule has 0 aliphatic carbocycles. The minimum absolute atomic E-state index is 0.0269. The quantitative estimate of drug-likeness (QED) is 0.251. The first kappa shape index (κ1) is 17.9. The number of ether oxygens (including phenoxy) is 3. The molecule has 4 N–H and O–H groups in total. The lowest BCUT2D eigenvalue weighted by molar-refractivity contribution is -0.334. The molecule has 0 aromatic rings. The highest BCUT2D eigenvalue weighted by atomic mass is 35.6. The van der Waals surface area contributed by atoms with Gasteiger partial charge < -0.3 is 29.5 Å². The van der Waals surface area contributed by atoms with Crippen LogP contribution in [0.4, 0.5) is 0 Å². The summed E-state index contributed by atoms with van der Waals surface area (Å²) in [6.45, 7) is 3.44. The van der Waals surface area contributed by atoms with Crippen molar-refractivity contribution in [3.8, 4) is 0 Å². The van der Waals surface area contributed by atoms with E-state index in [1.807, 2.05) is 0 Å². The summed E-state index contributed by atoms with van der Waals surface area (Å²) in [7, 11) is 0. The van der Waals surface area contributed by atoms with E-state index in [-0.39, 0.29) is 6.61 Å². The molecule has 0 aromatic heterocycles. The lowest BCUT2D eigenvalue weighted by Crippen LogP contribution is -2.59. The molecule has 1 heterocycles. The standard InChI is InChI=1S/C10H14Cl3NO6/c1-2-3-18-7-5(16)4(15)6(17)8(19-7)20-9(14)10(11,12)13/h2,4-8,14-17H,1,3H2/t4-,5+,6+,7-,8+/m0/s1. The number of aliphatic hydroxyl groups excluding tert-OH is 3. The van der Waals surface area contributed by atoms with Crippen molar-refractivity contribution in [2.24, 2.45) is 0 Å². The van der Waals surface area contributed by atoms with Crippen LogP contribution in [-0.4, -0.2) is 62.5 Å². The number of alkyl halides is 3. The topological polar surface area (TPSA) is 112 Å². The number of hydrogen-bond donors (Lipinski definition) is 4. The molecule has 0 amide bonds. The SMILES string of the molecule is C=CCO[C@H]1O[C@H](OC(=N)C(Cl)(Cl)Cl)[C@H](O)[C@@H](O)[C@H]1O. The maximum Gasteiger partial charge on any atom is 0.265 e. The van der Waals surface area contributed by atoms with E-state index in [4.69, 9.17) is 54.4 Å². The summed E-state index contributed by atoms with van der Waals surface area (Å²) in [6.07, 6.45) is -6.21. The summed E-state index contributed by atoms with van der Waals surface area (Å²) >= 11 is 16.3. The largest absolute Gasteiger partial charge is 0.445 e. The van der Waals surface area contributed by atoms with Crippen molar-refractivity contribution in [3.05, 3.63) is 12.7 Å². The molecule has 0 spiro atoms. The summed E-state index contributed by atoms with van der Waals surface area (Å²) in [5, 5.41) is 36.4. The average Bonchev–Trinajstić information content (AvgIpc) is 2.36. The van der Waals surface area contributed by atoms with E-state index in [1.54, 1.807) is 0 Å². The first-order valence-corrected chi connectivity index (χ1v) is 6.56. The van der Waals surface area contributed by atoms with Crippen molar-refractivity contribution >= 4 is 40.7 Å². The van der Waals surface area contributed by atoms with Crippen LogP contribution in [0.3, 0.4) is 0 Å². The fourth-order valence-electron chi connectivity index (χ4n) is 1.40. The minimum Gasteiger partial charge on any atom is -0.445 e. The number of nitrogens with one attached hydrogen (secondary N) is 1. The summed E-state index contributed by atoms with van der Waals surface area (Å²) in [5.74, 6) is -0.808. The molecule has 0 bridgehead atoms. The maximum atomic E-state index is 9.70. The van der Waals surface area contributed by atoms with Gasteiger partial charge in [-0.25, -0.2) is 0 Å². The van der Waals surface area contributed by atoms with E-state index in [9.17, 15) is 15.3 Å². The van der Waals surface area contributed by atoms with Gasteiger partial charge in [-0.1, -0.05) is 40.9 Å². The molecule has 1 aliphatic rings. The van der Waals surface area contributed by atoms with Gasteiger partial charge in [-0.2, -0.15) is 0 Å². The Hall–Kier alpha value is -0.120. The first-order valence-electron chi connectivity index (χ1n) is 5.43. The molecule has 116 valence electrons. The van der Waals surface area contributed by atoms with Crippen molar-refractivity contribution in [2.45, 2.75) is 34.7 Å². The molecular weight excluding hydrogens is 336 g/mol. The number of aliphatic hydroxyl groups is 3. The summed E-state index contributed by atoms with van der Waals surface area (Å²) < 4.78 is 12.8. The van der Waals surface area contributed by atoms with Gasteiger partial charge in [0, 0.05) is 0 Å². The van der Waals surface area contributed by atoms with Gasteiger partial charge in [0.25, 0.3) is 3.79 Å². The normalized spacial score (nSPS) is 34.6. The number of hydrogen-bond acceptors (Lipinski definition) is 7. The van der Waals surface area contributed by atoms with Gasteiger partial charge in [0.15, 0.2) is 6.29 Å². The summed E-state index contributed by atoms with van der Waals surface area (Å²) in [4.78, 5) is 0. The molecule has 1 rings (SSSR count). The molecule has 10 heteroatoms. The Labute approximate surface area is 130 Å². The monoisotopic (exact) mass is 349 g/mol. The van der Waals surface area contributed by atoms with E-state index in [0.29, 0.717) is 0 Å².